The van der Waals surface area contributed by atoms with Gasteiger partial charge in [-0.25, -0.2) is 4.79 Å². The SMILES string of the molecule is CC(Oc1ccc(Br)cc1)C(=O)NCCOCC(=O)O. The van der Waals surface area contributed by atoms with Crippen molar-refractivity contribution < 1.29 is 24.2 Å². The number of carboxylic acids is 1. The number of nitrogens with one attached hydrogen (secondary N) is 1. The second-order valence-electron chi connectivity index (χ2n) is 3.95. The smallest absolute Gasteiger partial charge is 0.329 e. The first-order chi connectivity index (χ1) is 9.49. The molecule has 2 N–H and O–H groups in total. The van der Waals surface area contributed by atoms with Crippen LogP contribution in [0.1, 0.15) is 6.92 Å². The van der Waals surface area contributed by atoms with Crippen molar-refractivity contribution in [1.29, 1.82) is 0 Å². The maximum absolute atomic E-state index is 11.7. The Morgan fingerprint density at radius 3 is 2.60 bits per heavy atom. The van der Waals surface area contributed by atoms with Crippen molar-refractivity contribution in [2.75, 3.05) is 19.8 Å². The summed E-state index contributed by atoms with van der Waals surface area (Å²) >= 11 is 3.31. The van der Waals surface area contributed by atoms with Gasteiger partial charge in [0.2, 0.25) is 0 Å². The summed E-state index contributed by atoms with van der Waals surface area (Å²) in [4.78, 5) is 21.9. The molecule has 6 nitrogen and oxygen atoms in total. The third kappa shape index (κ3) is 6.53. The number of carboxylic acid groups (broad SMARTS) is 1. The minimum Gasteiger partial charge on any atom is -0.481 e. The topological polar surface area (TPSA) is 84.9 Å². The van der Waals surface area contributed by atoms with Gasteiger partial charge in [-0.2, -0.15) is 0 Å². The largest absolute Gasteiger partial charge is 0.481 e. The number of rotatable bonds is 8. The molecule has 1 rings (SSSR count). The van der Waals surface area contributed by atoms with Crippen molar-refractivity contribution in [3.63, 3.8) is 0 Å². The summed E-state index contributed by atoms with van der Waals surface area (Å²) in [6.07, 6.45) is -0.643. The predicted molar refractivity (Wildman–Crippen MR) is 75.7 cm³/mol. The predicted octanol–water partition coefficient (Wildman–Crippen LogP) is 1.43. The van der Waals surface area contributed by atoms with Crippen LogP contribution in [0.5, 0.6) is 5.75 Å². The van der Waals surface area contributed by atoms with Crippen molar-refractivity contribution in [2.24, 2.45) is 0 Å². The highest BCUT2D eigenvalue weighted by Gasteiger charge is 2.13. The van der Waals surface area contributed by atoms with Gasteiger partial charge in [0.1, 0.15) is 12.4 Å². The van der Waals surface area contributed by atoms with E-state index in [2.05, 4.69) is 21.2 Å². The molecule has 1 atom stereocenters. The van der Waals surface area contributed by atoms with E-state index in [4.69, 9.17) is 14.6 Å². The maximum atomic E-state index is 11.7. The fourth-order valence-electron chi connectivity index (χ4n) is 1.32. The van der Waals surface area contributed by atoms with Crippen LogP contribution >= 0.6 is 15.9 Å². The van der Waals surface area contributed by atoms with Crippen LogP contribution in [0.4, 0.5) is 0 Å². The number of amides is 1. The molecule has 7 heteroatoms. The van der Waals surface area contributed by atoms with E-state index in [-0.39, 0.29) is 25.7 Å². The van der Waals surface area contributed by atoms with E-state index in [0.717, 1.165) is 4.47 Å². The summed E-state index contributed by atoms with van der Waals surface area (Å²) in [7, 11) is 0. The quantitative estimate of drug-likeness (QED) is 0.696. The molecule has 0 fully saturated rings. The lowest BCUT2D eigenvalue weighted by Gasteiger charge is -2.14. The molecule has 1 aromatic carbocycles. The van der Waals surface area contributed by atoms with Crippen LogP contribution < -0.4 is 10.1 Å². The number of aliphatic carboxylic acids is 1. The normalized spacial score (nSPS) is 11.7. The summed E-state index contributed by atoms with van der Waals surface area (Å²) in [5.74, 6) is -0.729. The molecule has 0 aliphatic carbocycles. The van der Waals surface area contributed by atoms with Gasteiger partial charge in [-0.3, -0.25) is 4.79 Å². The van der Waals surface area contributed by atoms with Crippen LogP contribution in [0.2, 0.25) is 0 Å². The number of benzene rings is 1. The Kier molecular flexibility index (Phi) is 7.03. The summed E-state index contributed by atoms with van der Waals surface area (Å²) in [6.45, 7) is 1.64. The van der Waals surface area contributed by atoms with Gasteiger partial charge >= 0.3 is 5.97 Å². The van der Waals surface area contributed by atoms with Gasteiger partial charge in [0, 0.05) is 11.0 Å². The molecule has 0 saturated carbocycles. The van der Waals surface area contributed by atoms with E-state index in [1.54, 1.807) is 19.1 Å². The van der Waals surface area contributed by atoms with Gasteiger partial charge in [0.05, 0.1) is 6.61 Å². The van der Waals surface area contributed by atoms with Crippen LogP contribution in [0.15, 0.2) is 28.7 Å². The van der Waals surface area contributed by atoms with Crippen molar-refractivity contribution in [2.45, 2.75) is 13.0 Å². The van der Waals surface area contributed by atoms with Gasteiger partial charge in [-0.15, -0.1) is 0 Å². The number of halogens is 1. The van der Waals surface area contributed by atoms with E-state index < -0.39 is 12.1 Å². The van der Waals surface area contributed by atoms with E-state index in [0.29, 0.717) is 5.75 Å². The average molecular weight is 346 g/mol. The second-order valence-corrected chi connectivity index (χ2v) is 4.87. The average Bonchev–Trinajstić information content (AvgIpc) is 2.40. The number of carbonyl (C=O) groups is 2. The molecule has 0 aliphatic rings. The van der Waals surface area contributed by atoms with Crippen LogP contribution in [0, 0.1) is 0 Å². The summed E-state index contributed by atoms with van der Waals surface area (Å²) < 4.78 is 11.2. The van der Waals surface area contributed by atoms with E-state index >= 15 is 0 Å². The Hall–Kier alpha value is -1.60. The van der Waals surface area contributed by atoms with Gasteiger partial charge in [0.25, 0.3) is 5.91 Å². The first-order valence-corrected chi connectivity index (χ1v) is 6.78. The van der Waals surface area contributed by atoms with E-state index in [9.17, 15) is 9.59 Å². The lowest BCUT2D eigenvalue weighted by Crippen LogP contribution is -2.38. The fourth-order valence-corrected chi connectivity index (χ4v) is 1.58. The molecule has 1 unspecified atom stereocenters. The summed E-state index contributed by atoms with van der Waals surface area (Å²) in [5.41, 5.74) is 0. The minimum atomic E-state index is -1.04. The van der Waals surface area contributed by atoms with Crippen LogP contribution in [-0.4, -0.2) is 42.8 Å². The molecule has 0 saturated heterocycles. The van der Waals surface area contributed by atoms with Gasteiger partial charge in [-0.05, 0) is 31.2 Å². The first kappa shape index (κ1) is 16.5. The highest BCUT2D eigenvalue weighted by Crippen LogP contribution is 2.17. The third-order valence-electron chi connectivity index (χ3n) is 2.27. The van der Waals surface area contributed by atoms with E-state index in [1.165, 1.54) is 0 Å². The van der Waals surface area contributed by atoms with Crippen LogP contribution in [0.3, 0.4) is 0 Å². The maximum Gasteiger partial charge on any atom is 0.329 e. The van der Waals surface area contributed by atoms with Crippen molar-refractivity contribution >= 4 is 27.8 Å². The monoisotopic (exact) mass is 345 g/mol. The highest BCUT2D eigenvalue weighted by atomic mass is 79.9. The Morgan fingerprint density at radius 1 is 1.35 bits per heavy atom. The number of hydrogen-bond acceptors (Lipinski definition) is 4. The third-order valence-corrected chi connectivity index (χ3v) is 2.80. The molecule has 0 heterocycles. The molecule has 0 radical (unpaired) electrons. The molecule has 1 amide bonds. The molecule has 0 spiro atoms. The zero-order valence-electron chi connectivity index (χ0n) is 11.0. The number of hydrogen-bond donors (Lipinski definition) is 2. The molecule has 0 bridgehead atoms. The van der Waals surface area contributed by atoms with Gasteiger partial charge in [-0.1, -0.05) is 15.9 Å². The Bertz CT molecular complexity index is 449. The molecular formula is C13H16BrNO5. The fraction of sp³-hybridized carbons (Fsp3) is 0.385. The minimum absolute atomic E-state index is 0.142. The molecule has 110 valence electrons. The van der Waals surface area contributed by atoms with E-state index in [1.807, 2.05) is 12.1 Å². The van der Waals surface area contributed by atoms with Gasteiger partial charge < -0.3 is 19.9 Å². The summed E-state index contributed by atoms with van der Waals surface area (Å²) in [6, 6.07) is 7.15. The molecule has 0 aliphatic heterocycles. The first-order valence-electron chi connectivity index (χ1n) is 5.98. The molecule has 1 aromatic rings. The Balaban J connectivity index is 2.25. The van der Waals surface area contributed by atoms with Gasteiger partial charge in [0.15, 0.2) is 6.10 Å². The molecule has 0 aromatic heterocycles. The summed E-state index contributed by atoms with van der Waals surface area (Å²) in [5, 5.41) is 11.0. The lowest BCUT2D eigenvalue weighted by molar-refractivity contribution is -0.142. The number of ether oxygens (including phenoxy) is 2. The van der Waals surface area contributed by atoms with Crippen molar-refractivity contribution in [1.82, 2.24) is 5.32 Å². The number of carbonyl (C=O) groups excluding carboxylic acids is 1. The van der Waals surface area contributed by atoms with Crippen molar-refractivity contribution in [3.05, 3.63) is 28.7 Å². The van der Waals surface area contributed by atoms with Crippen LogP contribution in [-0.2, 0) is 14.3 Å². The zero-order chi connectivity index (χ0) is 15.0. The molecule has 20 heavy (non-hydrogen) atoms. The Morgan fingerprint density at radius 2 is 2.00 bits per heavy atom. The second kappa shape index (κ2) is 8.55. The standard InChI is InChI=1S/C13H16BrNO5/c1-9(20-11-4-2-10(14)3-5-11)13(18)15-6-7-19-8-12(16)17/h2-5,9H,6-8H2,1H3,(H,15,18)(H,16,17). The van der Waals surface area contributed by atoms with Crippen molar-refractivity contribution in [3.8, 4) is 5.75 Å². The zero-order valence-corrected chi connectivity index (χ0v) is 12.6. The Labute approximate surface area is 125 Å². The molecular weight excluding hydrogens is 330 g/mol. The van der Waals surface area contributed by atoms with Crippen LogP contribution in [0.25, 0.3) is 0 Å². The lowest BCUT2D eigenvalue weighted by atomic mass is 10.3. The highest BCUT2D eigenvalue weighted by molar-refractivity contribution is 9.10.